The Balaban J connectivity index is 1.38. The monoisotopic (exact) mass is 514 g/mol. The standard InChI is InChI=1S/C25H37F3N4O4/c1-3-35-17-24(7-4-19(15-24)30-20-6-13-36-16-21(20)34-2)23(33)32-11-9-31(10-12-32)22-14-18(5-8-29-22)25(26,27)28/h5,8,14,19-21,30H,3-4,6-7,9-13,15-17H2,1-2H3/t19-,20-,21-,24?/m1/s1. The number of carbonyl (C=O) groups is 1. The van der Waals surface area contributed by atoms with Crippen molar-refractivity contribution >= 4 is 11.7 Å². The molecule has 0 bridgehead atoms. The summed E-state index contributed by atoms with van der Waals surface area (Å²) in [5, 5.41) is 3.71. The van der Waals surface area contributed by atoms with Crippen molar-refractivity contribution in [3.8, 4) is 0 Å². The van der Waals surface area contributed by atoms with E-state index in [0.29, 0.717) is 59.0 Å². The van der Waals surface area contributed by atoms with Gasteiger partial charge >= 0.3 is 6.18 Å². The minimum absolute atomic E-state index is 0.00567. The molecule has 4 atom stereocenters. The van der Waals surface area contributed by atoms with Crippen LogP contribution in [0.15, 0.2) is 18.3 Å². The van der Waals surface area contributed by atoms with Gasteiger partial charge in [0.25, 0.3) is 0 Å². The van der Waals surface area contributed by atoms with Crippen LogP contribution in [0.5, 0.6) is 0 Å². The first-order chi connectivity index (χ1) is 17.3. The molecule has 3 aliphatic rings. The summed E-state index contributed by atoms with van der Waals surface area (Å²) < 4.78 is 56.3. The molecule has 202 valence electrons. The summed E-state index contributed by atoms with van der Waals surface area (Å²) in [5.41, 5.74) is -1.32. The second kappa shape index (κ2) is 11.6. The number of alkyl halides is 3. The summed E-state index contributed by atoms with van der Waals surface area (Å²) in [4.78, 5) is 21.6. The lowest BCUT2D eigenvalue weighted by Crippen LogP contribution is -2.55. The molecule has 0 aromatic carbocycles. The van der Waals surface area contributed by atoms with Gasteiger partial charge in [0.15, 0.2) is 0 Å². The van der Waals surface area contributed by atoms with Gasteiger partial charge in [-0.3, -0.25) is 4.79 Å². The van der Waals surface area contributed by atoms with Gasteiger partial charge in [0.05, 0.1) is 30.3 Å². The zero-order valence-corrected chi connectivity index (χ0v) is 21.1. The van der Waals surface area contributed by atoms with Crippen LogP contribution in [0.4, 0.5) is 19.0 Å². The maximum atomic E-state index is 13.8. The molecule has 0 spiro atoms. The summed E-state index contributed by atoms with van der Waals surface area (Å²) in [5.74, 6) is 0.363. The third-order valence-corrected chi connectivity index (χ3v) is 7.66. The molecule has 1 N–H and O–H groups in total. The second-order valence-electron chi connectivity index (χ2n) is 9.95. The topological polar surface area (TPSA) is 76.2 Å². The maximum absolute atomic E-state index is 13.8. The number of nitrogens with one attached hydrogen (secondary N) is 1. The van der Waals surface area contributed by atoms with Crippen molar-refractivity contribution in [3.63, 3.8) is 0 Å². The van der Waals surface area contributed by atoms with Crippen LogP contribution in [-0.2, 0) is 25.2 Å². The summed E-state index contributed by atoms with van der Waals surface area (Å²) in [6.07, 6.45) is -0.0656. The highest BCUT2D eigenvalue weighted by atomic mass is 19.4. The predicted octanol–water partition coefficient (Wildman–Crippen LogP) is 2.72. The number of ether oxygens (including phenoxy) is 3. The number of nitrogens with zero attached hydrogens (tertiary/aromatic N) is 3. The van der Waals surface area contributed by atoms with Gasteiger partial charge in [0, 0.05) is 64.8 Å². The van der Waals surface area contributed by atoms with E-state index in [4.69, 9.17) is 14.2 Å². The Bertz CT molecular complexity index is 881. The van der Waals surface area contributed by atoms with Crippen molar-refractivity contribution < 1.29 is 32.2 Å². The minimum atomic E-state index is -4.41. The molecule has 1 aromatic heterocycles. The molecular formula is C25H37F3N4O4. The highest BCUT2D eigenvalue weighted by molar-refractivity contribution is 5.83. The van der Waals surface area contributed by atoms with Gasteiger partial charge in [0.2, 0.25) is 5.91 Å². The first-order valence-corrected chi connectivity index (χ1v) is 12.8. The molecule has 1 aromatic rings. The average molecular weight is 515 g/mol. The van der Waals surface area contributed by atoms with Crippen LogP contribution < -0.4 is 10.2 Å². The fourth-order valence-corrected chi connectivity index (χ4v) is 5.63. The number of anilines is 1. The Morgan fingerprint density at radius 1 is 1.28 bits per heavy atom. The van der Waals surface area contributed by atoms with E-state index >= 15 is 0 Å². The number of hydrogen-bond acceptors (Lipinski definition) is 7. The van der Waals surface area contributed by atoms with Crippen LogP contribution in [0.3, 0.4) is 0 Å². The normalized spacial score (nSPS) is 29.5. The van der Waals surface area contributed by atoms with Gasteiger partial charge in [-0.25, -0.2) is 4.98 Å². The van der Waals surface area contributed by atoms with Crippen LogP contribution in [0.2, 0.25) is 0 Å². The van der Waals surface area contributed by atoms with Gasteiger partial charge in [-0.05, 0) is 44.7 Å². The predicted molar refractivity (Wildman–Crippen MR) is 128 cm³/mol. The number of methoxy groups -OCH3 is 1. The van der Waals surface area contributed by atoms with Gasteiger partial charge in [-0.15, -0.1) is 0 Å². The summed E-state index contributed by atoms with van der Waals surface area (Å²) in [6, 6.07) is 2.42. The number of pyridine rings is 1. The van der Waals surface area contributed by atoms with E-state index in [1.807, 2.05) is 16.7 Å². The number of carbonyl (C=O) groups excluding carboxylic acids is 1. The van der Waals surface area contributed by atoms with Gasteiger partial charge in [-0.2, -0.15) is 13.2 Å². The Morgan fingerprint density at radius 3 is 2.75 bits per heavy atom. The van der Waals surface area contributed by atoms with Crippen LogP contribution in [0.1, 0.15) is 38.2 Å². The van der Waals surface area contributed by atoms with Crippen LogP contribution in [-0.4, -0.2) is 93.7 Å². The third-order valence-electron chi connectivity index (χ3n) is 7.66. The van der Waals surface area contributed by atoms with Crippen molar-refractivity contribution in [2.75, 3.05) is 64.6 Å². The molecule has 3 heterocycles. The zero-order chi connectivity index (χ0) is 25.8. The highest BCUT2D eigenvalue weighted by Crippen LogP contribution is 2.41. The molecule has 2 saturated heterocycles. The maximum Gasteiger partial charge on any atom is 0.416 e. The largest absolute Gasteiger partial charge is 0.416 e. The van der Waals surface area contributed by atoms with E-state index in [9.17, 15) is 18.0 Å². The fraction of sp³-hybridized carbons (Fsp3) is 0.760. The molecule has 1 aliphatic carbocycles. The molecule has 1 unspecified atom stereocenters. The summed E-state index contributed by atoms with van der Waals surface area (Å²) >= 11 is 0. The fourth-order valence-electron chi connectivity index (χ4n) is 5.63. The minimum Gasteiger partial charge on any atom is -0.381 e. The lowest BCUT2D eigenvalue weighted by Gasteiger charge is -2.40. The van der Waals surface area contributed by atoms with Gasteiger partial charge in [-0.1, -0.05) is 0 Å². The third kappa shape index (κ3) is 6.12. The van der Waals surface area contributed by atoms with Gasteiger partial charge < -0.3 is 29.3 Å². The summed E-state index contributed by atoms with van der Waals surface area (Å²) in [6.45, 7) is 5.84. The Kier molecular flexibility index (Phi) is 8.75. The molecule has 4 rings (SSSR count). The quantitative estimate of drug-likeness (QED) is 0.572. The van der Waals surface area contributed by atoms with E-state index in [-0.39, 0.29) is 29.9 Å². The Hall–Kier alpha value is -1.95. The molecule has 0 radical (unpaired) electrons. The second-order valence-corrected chi connectivity index (χ2v) is 9.95. The smallest absolute Gasteiger partial charge is 0.381 e. The highest BCUT2D eigenvalue weighted by Gasteiger charge is 2.48. The van der Waals surface area contributed by atoms with Crippen molar-refractivity contribution in [1.29, 1.82) is 0 Å². The Labute approximate surface area is 210 Å². The van der Waals surface area contributed by atoms with Crippen molar-refractivity contribution in [3.05, 3.63) is 23.9 Å². The zero-order valence-electron chi connectivity index (χ0n) is 21.1. The lowest BCUT2D eigenvalue weighted by atomic mass is 9.84. The molecule has 11 heteroatoms. The molecular weight excluding hydrogens is 477 g/mol. The van der Waals surface area contributed by atoms with E-state index in [0.717, 1.165) is 31.4 Å². The van der Waals surface area contributed by atoms with Crippen LogP contribution in [0, 0.1) is 5.41 Å². The van der Waals surface area contributed by atoms with E-state index in [1.165, 1.54) is 6.20 Å². The van der Waals surface area contributed by atoms with Crippen molar-refractivity contribution in [1.82, 2.24) is 15.2 Å². The van der Waals surface area contributed by atoms with Crippen molar-refractivity contribution in [2.45, 2.75) is 57.0 Å². The number of aromatic nitrogens is 1. The average Bonchev–Trinajstić information content (AvgIpc) is 3.31. The van der Waals surface area contributed by atoms with Crippen LogP contribution in [0.25, 0.3) is 0 Å². The Morgan fingerprint density at radius 2 is 2.06 bits per heavy atom. The molecule has 1 saturated carbocycles. The molecule has 1 amide bonds. The van der Waals surface area contributed by atoms with E-state index in [1.54, 1.807) is 7.11 Å². The molecule has 8 nitrogen and oxygen atoms in total. The number of amides is 1. The van der Waals surface area contributed by atoms with E-state index < -0.39 is 17.2 Å². The summed E-state index contributed by atoms with van der Waals surface area (Å²) in [7, 11) is 1.69. The number of halogens is 3. The first-order valence-electron chi connectivity index (χ1n) is 12.8. The van der Waals surface area contributed by atoms with Crippen LogP contribution >= 0.6 is 0 Å². The first kappa shape index (κ1) is 27.1. The number of rotatable bonds is 8. The number of hydrogen-bond donors (Lipinski definition) is 1. The molecule has 36 heavy (non-hydrogen) atoms. The molecule has 2 aliphatic heterocycles. The van der Waals surface area contributed by atoms with Gasteiger partial charge in [0.1, 0.15) is 5.82 Å². The van der Waals surface area contributed by atoms with Crippen molar-refractivity contribution in [2.24, 2.45) is 5.41 Å². The van der Waals surface area contributed by atoms with E-state index in [2.05, 4.69) is 10.3 Å². The number of piperazine rings is 1. The lowest BCUT2D eigenvalue weighted by molar-refractivity contribution is -0.146. The SMILES string of the molecule is CCOCC1(C(=O)N2CCN(c3cc(C(F)(F)F)ccn3)CC2)CC[C@@H](N[C@@H]2CCOC[C@H]2OC)C1. The molecule has 3 fully saturated rings.